The van der Waals surface area contributed by atoms with Crippen molar-refractivity contribution < 1.29 is 4.79 Å². The normalized spacial score (nSPS) is 27.8. The molecular weight excluding hydrogens is 212 g/mol. The van der Waals surface area contributed by atoms with Crippen LogP contribution in [0.2, 0.25) is 0 Å². The molecule has 0 saturated heterocycles. The zero-order valence-corrected chi connectivity index (χ0v) is 12.0. The second kappa shape index (κ2) is 5.85. The van der Waals surface area contributed by atoms with Gasteiger partial charge in [-0.3, -0.25) is 4.79 Å². The van der Waals surface area contributed by atoms with Gasteiger partial charge in [-0.15, -0.1) is 0 Å². The summed E-state index contributed by atoms with van der Waals surface area (Å²) in [6.07, 6.45) is 4.41. The first-order valence-corrected chi connectivity index (χ1v) is 6.74. The molecule has 2 unspecified atom stereocenters. The van der Waals surface area contributed by atoms with Crippen molar-refractivity contribution >= 4 is 5.91 Å². The fourth-order valence-electron chi connectivity index (χ4n) is 3.11. The minimum Gasteiger partial charge on any atom is -0.349 e. The SMILES string of the molecule is CC1CC(NCCC(=O)N(C)C)CC(C)(C)C1. The standard InChI is InChI=1S/C14H28N2O/c1-11-8-12(10-14(2,3)9-11)15-7-6-13(17)16(4)5/h11-12,15H,6-10H2,1-5H3. The van der Waals surface area contributed by atoms with Crippen LogP contribution in [0.5, 0.6) is 0 Å². The molecule has 0 bridgehead atoms. The first kappa shape index (κ1) is 14.5. The lowest BCUT2D eigenvalue weighted by Gasteiger charge is -2.39. The van der Waals surface area contributed by atoms with Crippen LogP contribution < -0.4 is 5.32 Å². The molecule has 0 aromatic heterocycles. The Labute approximate surface area is 106 Å². The van der Waals surface area contributed by atoms with Gasteiger partial charge < -0.3 is 10.2 Å². The fraction of sp³-hybridized carbons (Fsp3) is 0.929. The average molecular weight is 240 g/mol. The summed E-state index contributed by atoms with van der Waals surface area (Å²) in [6, 6.07) is 0.587. The van der Waals surface area contributed by atoms with E-state index in [4.69, 9.17) is 0 Å². The molecule has 0 aromatic rings. The smallest absolute Gasteiger partial charge is 0.223 e. The number of amides is 1. The molecule has 1 saturated carbocycles. The maximum absolute atomic E-state index is 11.5. The Bertz CT molecular complexity index is 261. The van der Waals surface area contributed by atoms with Crippen LogP contribution in [0.4, 0.5) is 0 Å². The number of hydrogen-bond acceptors (Lipinski definition) is 2. The van der Waals surface area contributed by atoms with Gasteiger partial charge in [-0.25, -0.2) is 0 Å². The Morgan fingerprint density at radius 3 is 2.53 bits per heavy atom. The molecule has 0 aromatic carbocycles. The molecule has 1 amide bonds. The van der Waals surface area contributed by atoms with E-state index in [9.17, 15) is 4.79 Å². The van der Waals surface area contributed by atoms with Crippen molar-refractivity contribution in [3.05, 3.63) is 0 Å². The first-order chi connectivity index (χ1) is 7.80. The quantitative estimate of drug-likeness (QED) is 0.817. The molecule has 1 rings (SSSR count). The summed E-state index contributed by atoms with van der Waals surface area (Å²) in [4.78, 5) is 13.1. The van der Waals surface area contributed by atoms with Crippen molar-refractivity contribution in [3.63, 3.8) is 0 Å². The molecule has 0 heterocycles. The van der Waals surface area contributed by atoms with Crippen molar-refractivity contribution in [3.8, 4) is 0 Å². The Balaban J connectivity index is 2.30. The predicted molar refractivity (Wildman–Crippen MR) is 71.9 cm³/mol. The third-order valence-corrected chi connectivity index (χ3v) is 3.66. The van der Waals surface area contributed by atoms with Crippen molar-refractivity contribution in [2.24, 2.45) is 11.3 Å². The van der Waals surface area contributed by atoms with Gasteiger partial charge in [0.15, 0.2) is 0 Å². The number of nitrogens with zero attached hydrogens (tertiary/aromatic N) is 1. The van der Waals surface area contributed by atoms with Crippen LogP contribution in [0.1, 0.15) is 46.5 Å². The molecule has 17 heavy (non-hydrogen) atoms. The highest BCUT2D eigenvalue weighted by molar-refractivity contribution is 5.75. The van der Waals surface area contributed by atoms with Crippen LogP contribution in [-0.2, 0) is 4.79 Å². The molecule has 1 aliphatic carbocycles. The third-order valence-electron chi connectivity index (χ3n) is 3.66. The summed E-state index contributed by atoms with van der Waals surface area (Å²) in [6.45, 7) is 7.84. The topological polar surface area (TPSA) is 32.3 Å². The molecule has 0 spiro atoms. The van der Waals surface area contributed by atoms with E-state index in [0.29, 0.717) is 17.9 Å². The molecule has 1 aliphatic rings. The van der Waals surface area contributed by atoms with E-state index >= 15 is 0 Å². The van der Waals surface area contributed by atoms with E-state index in [-0.39, 0.29) is 5.91 Å². The van der Waals surface area contributed by atoms with Crippen molar-refractivity contribution in [1.82, 2.24) is 10.2 Å². The van der Waals surface area contributed by atoms with Crippen LogP contribution >= 0.6 is 0 Å². The van der Waals surface area contributed by atoms with Gasteiger partial charge in [0, 0.05) is 33.1 Å². The minimum absolute atomic E-state index is 0.209. The second-order valence-electron chi connectivity index (χ2n) is 6.60. The van der Waals surface area contributed by atoms with Crippen LogP contribution in [0.3, 0.4) is 0 Å². The molecule has 3 nitrogen and oxygen atoms in total. The first-order valence-electron chi connectivity index (χ1n) is 6.74. The second-order valence-corrected chi connectivity index (χ2v) is 6.60. The molecule has 3 heteroatoms. The van der Waals surface area contributed by atoms with Gasteiger partial charge >= 0.3 is 0 Å². The molecule has 0 aliphatic heterocycles. The summed E-state index contributed by atoms with van der Waals surface area (Å²) in [5.74, 6) is 1.00. The van der Waals surface area contributed by atoms with E-state index in [2.05, 4.69) is 26.1 Å². The van der Waals surface area contributed by atoms with Gasteiger partial charge in [-0.1, -0.05) is 20.8 Å². The van der Waals surface area contributed by atoms with E-state index in [1.54, 1.807) is 4.90 Å². The van der Waals surface area contributed by atoms with Gasteiger partial charge in [0.1, 0.15) is 0 Å². The maximum Gasteiger partial charge on any atom is 0.223 e. The minimum atomic E-state index is 0.209. The lowest BCUT2D eigenvalue weighted by molar-refractivity contribution is -0.128. The van der Waals surface area contributed by atoms with Crippen molar-refractivity contribution in [2.75, 3.05) is 20.6 Å². The Morgan fingerprint density at radius 1 is 1.35 bits per heavy atom. The van der Waals surface area contributed by atoms with Gasteiger partial charge in [-0.2, -0.15) is 0 Å². The summed E-state index contributed by atoms with van der Waals surface area (Å²) >= 11 is 0. The monoisotopic (exact) mass is 240 g/mol. The Morgan fingerprint density at radius 2 is 2.00 bits per heavy atom. The van der Waals surface area contributed by atoms with Gasteiger partial charge in [0.2, 0.25) is 5.91 Å². The molecule has 100 valence electrons. The van der Waals surface area contributed by atoms with Gasteiger partial charge in [0.05, 0.1) is 0 Å². The highest BCUT2D eigenvalue weighted by Gasteiger charge is 2.31. The van der Waals surface area contributed by atoms with Crippen LogP contribution in [0, 0.1) is 11.3 Å². The molecule has 1 N–H and O–H groups in total. The molecule has 0 radical (unpaired) electrons. The van der Waals surface area contributed by atoms with E-state index in [1.807, 2.05) is 14.1 Å². The summed E-state index contributed by atoms with van der Waals surface area (Å²) in [7, 11) is 3.63. The number of hydrogen-bond donors (Lipinski definition) is 1. The Hall–Kier alpha value is -0.570. The van der Waals surface area contributed by atoms with Gasteiger partial charge in [-0.05, 0) is 30.6 Å². The summed E-state index contributed by atoms with van der Waals surface area (Å²) in [5, 5.41) is 3.55. The number of carbonyl (C=O) groups excluding carboxylic acids is 1. The number of nitrogens with one attached hydrogen (secondary N) is 1. The number of carbonyl (C=O) groups is 1. The fourth-order valence-corrected chi connectivity index (χ4v) is 3.11. The highest BCUT2D eigenvalue weighted by atomic mass is 16.2. The number of rotatable bonds is 4. The largest absolute Gasteiger partial charge is 0.349 e. The van der Waals surface area contributed by atoms with E-state index in [1.165, 1.54) is 19.3 Å². The zero-order chi connectivity index (χ0) is 13.1. The zero-order valence-electron chi connectivity index (χ0n) is 12.0. The van der Waals surface area contributed by atoms with Crippen LogP contribution in [0.25, 0.3) is 0 Å². The van der Waals surface area contributed by atoms with Crippen LogP contribution in [-0.4, -0.2) is 37.5 Å². The van der Waals surface area contributed by atoms with Crippen LogP contribution in [0.15, 0.2) is 0 Å². The molecule has 2 atom stereocenters. The lowest BCUT2D eigenvalue weighted by Crippen LogP contribution is -2.41. The maximum atomic E-state index is 11.5. The lowest BCUT2D eigenvalue weighted by atomic mass is 9.70. The van der Waals surface area contributed by atoms with Crippen molar-refractivity contribution in [1.29, 1.82) is 0 Å². The van der Waals surface area contributed by atoms with E-state index in [0.717, 1.165) is 12.5 Å². The third kappa shape index (κ3) is 5.07. The Kier molecular flexibility index (Phi) is 4.99. The highest BCUT2D eigenvalue weighted by Crippen LogP contribution is 2.38. The average Bonchev–Trinajstić information content (AvgIpc) is 2.13. The molecule has 1 fully saturated rings. The van der Waals surface area contributed by atoms with E-state index < -0.39 is 0 Å². The summed E-state index contributed by atoms with van der Waals surface area (Å²) < 4.78 is 0. The molecular formula is C14H28N2O. The summed E-state index contributed by atoms with van der Waals surface area (Å²) in [5.41, 5.74) is 0.445. The van der Waals surface area contributed by atoms with Crippen molar-refractivity contribution in [2.45, 2.75) is 52.5 Å². The van der Waals surface area contributed by atoms with Gasteiger partial charge in [0.25, 0.3) is 0 Å². The predicted octanol–water partition coefficient (Wildman–Crippen LogP) is 2.27.